The molecule has 0 fully saturated rings. The Bertz CT molecular complexity index is 1020. The van der Waals surface area contributed by atoms with Crippen LogP contribution in [0.25, 0.3) is 12.2 Å². The van der Waals surface area contributed by atoms with E-state index in [2.05, 4.69) is 0 Å². The fourth-order valence-corrected chi connectivity index (χ4v) is 3.24. The van der Waals surface area contributed by atoms with E-state index in [9.17, 15) is 20.4 Å². The molecule has 2 atom stereocenters. The number of phenols is 3. The van der Waals surface area contributed by atoms with E-state index in [0.717, 1.165) is 11.1 Å². The van der Waals surface area contributed by atoms with Gasteiger partial charge in [0, 0.05) is 6.07 Å². The van der Waals surface area contributed by atoms with Crippen molar-refractivity contribution in [1.82, 2.24) is 0 Å². The third-order valence-electron chi connectivity index (χ3n) is 4.63. The Balaban J connectivity index is 1.60. The van der Waals surface area contributed by atoms with Crippen LogP contribution in [-0.2, 0) is 0 Å². The third-order valence-corrected chi connectivity index (χ3v) is 4.63. The molecule has 6 nitrogen and oxygen atoms in total. The first-order valence-electron chi connectivity index (χ1n) is 9.10. The van der Waals surface area contributed by atoms with Crippen molar-refractivity contribution in [1.29, 1.82) is 0 Å². The van der Waals surface area contributed by atoms with Crippen molar-refractivity contribution in [2.45, 2.75) is 12.2 Å². The van der Waals surface area contributed by atoms with Crippen LogP contribution in [-0.4, -0.2) is 33.1 Å². The molecule has 0 saturated carbocycles. The van der Waals surface area contributed by atoms with E-state index in [-0.39, 0.29) is 23.9 Å². The van der Waals surface area contributed by atoms with Gasteiger partial charge in [0.15, 0.2) is 23.7 Å². The minimum absolute atomic E-state index is 0.0152. The number of hydrogen-bond donors (Lipinski definition) is 4. The Hall–Kier alpha value is -3.64. The van der Waals surface area contributed by atoms with E-state index in [4.69, 9.17) is 9.47 Å². The molecule has 0 bridgehead atoms. The normalized spacial score (nSPS) is 18.1. The molecule has 0 spiro atoms. The van der Waals surface area contributed by atoms with Gasteiger partial charge in [-0.2, -0.15) is 0 Å². The largest absolute Gasteiger partial charge is 0.508 e. The molecular formula is C23H20O6. The fraction of sp³-hybridized carbons (Fsp3) is 0.130. The molecule has 0 unspecified atom stereocenters. The zero-order chi connectivity index (χ0) is 20.4. The molecular weight excluding hydrogens is 372 g/mol. The first-order chi connectivity index (χ1) is 14.0. The summed E-state index contributed by atoms with van der Waals surface area (Å²) in [5.41, 5.74) is 2.27. The lowest BCUT2D eigenvalue weighted by atomic mass is 10.0. The fourth-order valence-electron chi connectivity index (χ4n) is 3.24. The van der Waals surface area contributed by atoms with Crippen LogP contribution in [0.3, 0.4) is 0 Å². The predicted octanol–water partition coefficient (Wildman–Crippen LogP) is 3.85. The molecule has 3 aromatic rings. The van der Waals surface area contributed by atoms with Crippen LogP contribution in [0.1, 0.15) is 22.8 Å². The second-order valence-electron chi connectivity index (χ2n) is 6.79. The van der Waals surface area contributed by atoms with Gasteiger partial charge in [-0.25, -0.2) is 0 Å². The van der Waals surface area contributed by atoms with E-state index >= 15 is 0 Å². The number of aromatic hydroxyl groups is 3. The number of fused-ring (bicyclic) bond motifs is 1. The number of rotatable bonds is 4. The molecule has 4 rings (SSSR count). The van der Waals surface area contributed by atoms with E-state index in [1.165, 1.54) is 6.07 Å². The Morgan fingerprint density at radius 1 is 0.690 bits per heavy atom. The summed E-state index contributed by atoms with van der Waals surface area (Å²) in [6.45, 7) is -0.215. The van der Waals surface area contributed by atoms with Gasteiger partial charge < -0.3 is 29.9 Å². The van der Waals surface area contributed by atoms with Crippen molar-refractivity contribution in [3.05, 3.63) is 77.4 Å². The highest BCUT2D eigenvalue weighted by molar-refractivity contribution is 5.72. The second-order valence-corrected chi connectivity index (χ2v) is 6.79. The highest BCUT2D eigenvalue weighted by Gasteiger charge is 2.32. The minimum Gasteiger partial charge on any atom is -0.508 e. The van der Waals surface area contributed by atoms with Crippen LogP contribution < -0.4 is 9.47 Å². The summed E-state index contributed by atoms with van der Waals surface area (Å²) in [4.78, 5) is 0. The summed E-state index contributed by atoms with van der Waals surface area (Å²) in [6, 6.07) is 16.4. The molecule has 0 saturated heterocycles. The van der Waals surface area contributed by atoms with Crippen LogP contribution in [0.2, 0.25) is 0 Å². The van der Waals surface area contributed by atoms with Crippen LogP contribution in [0.4, 0.5) is 0 Å². The smallest absolute Gasteiger partial charge is 0.163 e. The van der Waals surface area contributed by atoms with Crippen molar-refractivity contribution in [2.75, 3.05) is 6.61 Å². The van der Waals surface area contributed by atoms with Crippen LogP contribution in [0.5, 0.6) is 28.7 Å². The van der Waals surface area contributed by atoms with Crippen LogP contribution in [0, 0.1) is 0 Å². The molecule has 3 aromatic carbocycles. The van der Waals surface area contributed by atoms with Crippen molar-refractivity contribution >= 4 is 12.2 Å². The molecule has 0 radical (unpaired) electrons. The Kier molecular flexibility index (Phi) is 5.01. The summed E-state index contributed by atoms with van der Waals surface area (Å²) in [5, 5.41) is 38.4. The van der Waals surface area contributed by atoms with Crippen molar-refractivity contribution in [3.8, 4) is 28.7 Å². The number of aliphatic hydroxyl groups excluding tert-OH is 1. The molecule has 0 aliphatic carbocycles. The van der Waals surface area contributed by atoms with Gasteiger partial charge in [0.1, 0.15) is 17.2 Å². The Morgan fingerprint density at radius 3 is 2.07 bits per heavy atom. The van der Waals surface area contributed by atoms with E-state index in [1.54, 1.807) is 48.5 Å². The molecule has 29 heavy (non-hydrogen) atoms. The topological polar surface area (TPSA) is 99.4 Å². The van der Waals surface area contributed by atoms with Crippen LogP contribution >= 0.6 is 0 Å². The van der Waals surface area contributed by atoms with Gasteiger partial charge in [0.25, 0.3) is 0 Å². The third kappa shape index (κ3) is 4.12. The Labute approximate surface area is 167 Å². The molecule has 1 heterocycles. The molecule has 6 heteroatoms. The molecule has 148 valence electrons. The predicted molar refractivity (Wildman–Crippen MR) is 108 cm³/mol. The SMILES string of the molecule is OC[C@@H]1Oc2ccc(/C=C/c3cc(O)cc(O)c3)cc2O[C@H]1c1ccc(O)cc1. The lowest BCUT2D eigenvalue weighted by Gasteiger charge is -2.33. The van der Waals surface area contributed by atoms with Gasteiger partial charge in [-0.1, -0.05) is 30.4 Å². The first kappa shape index (κ1) is 18.7. The van der Waals surface area contributed by atoms with E-state index in [1.807, 2.05) is 18.2 Å². The molecule has 0 aromatic heterocycles. The Morgan fingerprint density at radius 2 is 1.38 bits per heavy atom. The average Bonchev–Trinajstić information content (AvgIpc) is 2.71. The van der Waals surface area contributed by atoms with Gasteiger partial charge in [-0.05, 0) is 53.1 Å². The summed E-state index contributed by atoms with van der Waals surface area (Å²) in [6.07, 6.45) is 2.50. The minimum atomic E-state index is -0.566. The second kappa shape index (κ2) is 7.77. The van der Waals surface area contributed by atoms with Gasteiger partial charge >= 0.3 is 0 Å². The molecule has 0 amide bonds. The zero-order valence-corrected chi connectivity index (χ0v) is 15.4. The van der Waals surface area contributed by atoms with Crippen molar-refractivity contribution in [2.24, 2.45) is 0 Å². The number of benzene rings is 3. The zero-order valence-electron chi connectivity index (χ0n) is 15.4. The first-order valence-corrected chi connectivity index (χ1v) is 9.10. The summed E-state index contributed by atoms with van der Waals surface area (Å²) < 4.78 is 12.0. The quantitative estimate of drug-likeness (QED) is 0.504. The molecule has 1 aliphatic heterocycles. The molecule has 4 N–H and O–H groups in total. The maximum Gasteiger partial charge on any atom is 0.163 e. The maximum atomic E-state index is 9.71. The van der Waals surface area contributed by atoms with Crippen molar-refractivity contribution < 1.29 is 29.9 Å². The number of hydrogen-bond acceptors (Lipinski definition) is 6. The highest BCUT2D eigenvalue weighted by atomic mass is 16.6. The molecule has 1 aliphatic rings. The summed E-state index contributed by atoms with van der Waals surface area (Å²) in [7, 11) is 0. The number of phenolic OH excluding ortho intramolecular Hbond substituents is 3. The standard InChI is InChI=1S/C23H20O6/c24-13-22-23(16-4-6-17(25)7-5-16)29-21-11-14(3-8-20(21)28-22)1-2-15-9-18(26)12-19(27)10-15/h1-12,22-27H,13H2/b2-1+/t22-,23-/m0/s1. The van der Waals surface area contributed by atoms with Gasteiger partial charge in [-0.3, -0.25) is 0 Å². The van der Waals surface area contributed by atoms with E-state index in [0.29, 0.717) is 17.1 Å². The van der Waals surface area contributed by atoms with Crippen LogP contribution in [0.15, 0.2) is 60.7 Å². The lowest BCUT2D eigenvalue weighted by Crippen LogP contribution is -2.36. The highest BCUT2D eigenvalue weighted by Crippen LogP contribution is 2.40. The summed E-state index contributed by atoms with van der Waals surface area (Å²) >= 11 is 0. The van der Waals surface area contributed by atoms with E-state index < -0.39 is 12.2 Å². The van der Waals surface area contributed by atoms with Crippen molar-refractivity contribution in [3.63, 3.8) is 0 Å². The van der Waals surface area contributed by atoms with Gasteiger partial charge in [0.2, 0.25) is 0 Å². The summed E-state index contributed by atoms with van der Waals surface area (Å²) in [5.74, 6) is 1.19. The monoisotopic (exact) mass is 392 g/mol. The maximum absolute atomic E-state index is 9.71. The lowest BCUT2D eigenvalue weighted by molar-refractivity contribution is -0.0123. The number of aliphatic hydroxyl groups is 1. The average molecular weight is 392 g/mol. The number of ether oxygens (including phenoxy) is 2. The van der Waals surface area contributed by atoms with Gasteiger partial charge in [0.05, 0.1) is 6.61 Å². The van der Waals surface area contributed by atoms with Gasteiger partial charge in [-0.15, -0.1) is 0 Å².